The molecule has 0 heterocycles. The van der Waals surface area contributed by atoms with Crippen molar-refractivity contribution in [3.8, 4) is 11.8 Å². The summed E-state index contributed by atoms with van der Waals surface area (Å²) in [4.78, 5) is 12.0. The fraction of sp³-hybridized carbons (Fsp3) is 0.0588. The third-order valence-electron chi connectivity index (χ3n) is 2.82. The Hall–Kier alpha value is -3.06. The van der Waals surface area contributed by atoms with Gasteiger partial charge in [-0.3, -0.25) is 4.79 Å². The van der Waals surface area contributed by atoms with E-state index in [1.54, 1.807) is 43.5 Å². The maximum atomic E-state index is 12.0. The van der Waals surface area contributed by atoms with E-state index in [4.69, 9.17) is 10.00 Å². The molecule has 104 valence electrons. The summed E-state index contributed by atoms with van der Waals surface area (Å²) in [7, 11) is 1.58. The molecule has 0 aliphatic carbocycles. The SMILES string of the molecule is COc1ccc(C=C(C#N)C(=O)Nc2ccccc2)cc1. The van der Waals surface area contributed by atoms with Gasteiger partial charge in [-0.1, -0.05) is 30.3 Å². The first kappa shape index (κ1) is 14.4. The van der Waals surface area contributed by atoms with Gasteiger partial charge in [0.05, 0.1) is 7.11 Å². The molecule has 0 aromatic heterocycles. The van der Waals surface area contributed by atoms with Crippen molar-refractivity contribution in [3.05, 3.63) is 65.7 Å². The van der Waals surface area contributed by atoms with E-state index >= 15 is 0 Å². The molecule has 2 aromatic rings. The molecule has 4 heteroatoms. The summed E-state index contributed by atoms with van der Waals surface area (Å²) in [6.07, 6.45) is 1.54. The number of anilines is 1. The molecule has 0 aliphatic heterocycles. The summed E-state index contributed by atoms with van der Waals surface area (Å²) in [5.41, 5.74) is 1.46. The molecular formula is C17H14N2O2. The summed E-state index contributed by atoms with van der Waals surface area (Å²) in [5.74, 6) is 0.291. The summed E-state index contributed by atoms with van der Waals surface area (Å²) in [6.45, 7) is 0. The van der Waals surface area contributed by atoms with Crippen molar-refractivity contribution >= 4 is 17.7 Å². The molecule has 0 radical (unpaired) electrons. The average Bonchev–Trinajstić information content (AvgIpc) is 2.54. The highest BCUT2D eigenvalue weighted by Gasteiger charge is 2.09. The molecule has 1 N–H and O–H groups in total. The molecule has 0 saturated carbocycles. The number of hydrogen-bond donors (Lipinski definition) is 1. The number of carbonyl (C=O) groups is 1. The summed E-state index contributed by atoms with van der Waals surface area (Å²) in [6, 6.07) is 18.0. The summed E-state index contributed by atoms with van der Waals surface area (Å²) in [5, 5.41) is 11.8. The quantitative estimate of drug-likeness (QED) is 0.689. The molecule has 1 amide bonds. The van der Waals surface area contributed by atoms with Crippen LogP contribution < -0.4 is 10.1 Å². The van der Waals surface area contributed by atoms with Crippen LogP contribution in [0.2, 0.25) is 0 Å². The number of rotatable bonds is 4. The number of amides is 1. The lowest BCUT2D eigenvalue weighted by Crippen LogP contribution is -2.13. The Balaban J connectivity index is 2.16. The lowest BCUT2D eigenvalue weighted by molar-refractivity contribution is -0.112. The molecule has 2 rings (SSSR count). The first-order chi connectivity index (χ1) is 10.2. The zero-order valence-corrected chi connectivity index (χ0v) is 11.5. The highest BCUT2D eigenvalue weighted by molar-refractivity contribution is 6.09. The van der Waals surface area contributed by atoms with Crippen LogP contribution in [0.4, 0.5) is 5.69 Å². The van der Waals surface area contributed by atoms with Crippen LogP contribution in [-0.2, 0) is 4.79 Å². The van der Waals surface area contributed by atoms with Crippen LogP contribution in [0.1, 0.15) is 5.56 Å². The maximum absolute atomic E-state index is 12.0. The number of methoxy groups -OCH3 is 1. The van der Waals surface area contributed by atoms with Crippen molar-refractivity contribution < 1.29 is 9.53 Å². The fourth-order valence-corrected chi connectivity index (χ4v) is 1.74. The van der Waals surface area contributed by atoms with E-state index in [9.17, 15) is 4.79 Å². The first-order valence-electron chi connectivity index (χ1n) is 6.35. The predicted octanol–water partition coefficient (Wildman–Crippen LogP) is 3.24. The van der Waals surface area contributed by atoms with Gasteiger partial charge in [0, 0.05) is 5.69 Å². The molecule has 21 heavy (non-hydrogen) atoms. The second kappa shape index (κ2) is 6.92. The molecule has 2 aromatic carbocycles. The molecular weight excluding hydrogens is 264 g/mol. The van der Waals surface area contributed by atoms with Gasteiger partial charge in [-0.25, -0.2) is 0 Å². The zero-order valence-electron chi connectivity index (χ0n) is 11.5. The Morgan fingerprint density at radius 3 is 2.38 bits per heavy atom. The second-order valence-electron chi connectivity index (χ2n) is 4.26. The van der Waals surface area contributed by atoms with E-state index in [-0.39, 0.29) is 5.57 Å². The highest BCUT2D eigenvalue weighted by atomic mass is 16.5. The van der Waals surface area contributed by atoms with Crippen LogP contribution >= 0.6 is 0 Å². The maximum Gasteiger partial charge on any atom is 0.266 e. The number of para-hydroxylation sites is 1. The third kappa shape index (κ3) is 3.95. The number of benzene rings is 2. The normalized spacial score (nSPS) is 10.6. The predicted molar refractivity (Wildman–Crippen MR) is 81.7 cm³/mol. The number of nitriles is 1. The summed E-state index contributed by atoms with van der Waals surface area (Å²) >= 11 is 0. The van der Waals surface area contributed by atoms with Crippen LogP contribution in [0, 0.1) is 11.3 Å². The van der Waals surface area contributed by atoms with Gasteiger partial charge in [0.25, 0.3) is 5.91 Å². The Morgan fingerprint density at radius 1 is 1.14 bits per heavy atom. The molecule has 0 saturated heterocycles. The summed E-state index contributed by atoms with van der Waals surface area (Å²) < 4.78 is 5.06. The van der Waals surface area contributed by atoms with E-state index < -0.39 is 5.91 Å². The lowest BCUT2D eigenvalue weighted by atomic mass is 10.1. The van der Waals surface area contributed by atoms with Crippen LogP contribution in [-0.4, -0.2) is 13.0 Å². The minimum atomic E-state index is -0.431. The van der Waals surface area contributed by atoms with Crippen molar-refractivity contribution in [1.29, 1.82) is 5.26 Å². The Morgan fingerprint density at radius 2 is 1.81 bits per heavy atom. The van der Waals surface area contributed by atoms with Crippen LogP contribution in [0.5, 0.6) is 5.75 Å². The van der Waals surface area contributed by atoms with Crippen molar-refractivity contribution in [2.24, 2.45) is 0 Å². The van der Waals surface area contributed by atoms with Gasteiger partial charge in [0.15, 0.2) is 0 Å². The molecule has 0 atom stereocenters. The third-order valence-corrected chi connectivity index (χ3v) is 2.82. The monoisotopic (exact) mass is 278 g/mol. The van der Waals surface area contributed by atoms with E-state index in [2.05, 4.69) is 5.32 Å². The number of nitrogens with zero attached hydrogens (tertiary/aromatic N) is 1. The highest BCUT2D eigenvalue weighted by Crippen LogP contribution is 2.15. The van der Waals surface area contributed by atoms with Crippen molar-refractivity contribution in [2.75, 3.05) is 12.4 Å². The van der Waals surface area contributed by atoms with Gasteiger partial charge in [0.1, 0.15) is 17.4 Å². The number of nitrogens with one attached hydrogen (secondary N) is 1. The van der Waals surface area contributed by atoms with E-state index in [1.165, 1.54) is 6.08 Å². The van der Waals surface area contributed by atoms with Gasteiger partial charge in [-0.05, 0) is 35.9 Å². The minimum Gasteiger partial charge on any atom is -0.497 e. The largest absolute Gasteiger partial charge is 0.497 e. The Kier molecular flexibility index (Phi) is 4.73. The molecule has 0 unspecified atom stereocenters. The standard InChI is InChI=1S/C17H14N2O2/c1-21-16-9-7-13(8-10-16)11-14(12-18)17(20)19-15-5-3-2-4-6-15/h2-11H,1H3,(H,19,20). The van der Waals surface area contributed by atoms with Gasteiger partial charge in [0.2, 0.25) is 0 Å². The number of ether oxygens (including phenoxy) is 1. The van der Waals surface area contributed by atoms with Crippen LogP contribution in [0.15, 0.2) is 60.2 Å². The van der Waals surface area contributed by atoms with E-state index in [0.29, 0.717) is 5.69 Å². The van der Waals surface area contributed by atoms with Gasteiger partial charge in [-0.15, -0.1) is 0 Å². The number of hydrogen-bond acceptors (Lipinski definition) is 3. The fourth-order valence-electron chi connectivity index (χ4n) is 1.74. The zero-order chi connectivity index (χ0) is 15.1. The smallest absolute Gasteiger partial charge is 0.266 e. The topological polar surface area (TPSA) is 62.1 Å². The minimum absolute atomic E-state index is 0.0454. The number of carbonyl (C=O) groups excluding carboxylic acids is 1. The van der Waals surface area contributed by atoms with Gasteiger partial charge >= 0.3 is 0 Å². The second-order valence-corrected chi connectivity index (χ2v) is 4.26. The molecule has 0 fully saturated rings. The molecule has 0 bridgehead atoms. The first-order valence-corrected chi connectivity index (χ1v) is 6.35. The van der Waals surface area contributed by atoms with Gasteiger partial charge in [-0.2, -0.15) is 5.26 Å². The average molecular weight is 278 g/mol. The van der Waals surface area contributed by atoms with Crippen molar-refractivity contribution in [2.45, 2.75) is 0 Å². The van der Waals surface area contributed by atoms with Gasteiger partial charge < -0.3 is 10.1 Å². The van der Waals surface area contributed by atoms with E-state index in [1.807, 2.05) is 24.3 Å². The van der Waals surface area contributed by atoms with Crippen LogP contribution in [0.3, 0.4) is 0 Å². The molecule has 0 aliphatic rings. The van der Waals surface area contributed by atoms with Crippen LogP contribution in [0.25, 0.3) is 6.08 Å². The molecule has 4 nitrogen and oxygen atoms in total. The van der Waals surface area contributed by atoms with Crippen molar-refractivity contribution in [3.63, 3.8) is 0 Å². The Labute approximate surface area is 123 Å². The van der Waals surface area contributed by atoms with E-state index in [0.717, 1.165) is 11.3 Å². The molecule has 0 spiro atoms. The lowest BCUT2D eigenvalue weighted by Gasteiger charge is -2.04. The Bertz CT molecular complexity index is 683. The van der Waals surface area contributed by atoms with Crippen molar-refractivity contribution in [1.82, 2.24) is 0 Å².